The van der Waals surface area contributed by atoms with Crippen molar-refractivity contribution >= 4 is 21.6 Å². The van der Waals surface area contributed by atoms with Crippen LogP contribution in [0.3, 0.4) is 0 Å². The Kier molecular flexibility index (Phi) is 5.62. The van der Waals surface area contributed by atoms with E-state index in [1.54, 1.807) is 7.05 Å². The fourth-order valence-electron chi connectivity index (χ4n) is 2.40. The van der Waals surface area contributed by atoms with Gasteiger partial charge in [-0.25, -0.2) is 12.7 Å². The number of hydrogen-bond acceptors (Lipinski definition) is 4. The smallest absolute Gasteiger partial charge is 0.242 e. The van der Waals surface area contributed by atoms with Crippen LogP contribution in [0.5, 0.6) is 0 Å². The van der Waals surface area contributed by atoms with E-state index in [0.717, 1.165) is 12.8 Å². The molecule has 0 bridgehead atoms. The number of benzene rings is 1. The molecule has 1 heterocycles. The van der Waals surface area contributed by atoms with Gasteiger partial charge in [0.1, 0.15) is 0 Å². The van der Waals surface area contributed by atoms with Gasteiger partial charge in [0.25, 0.3) is 0 Å². The highest BCUT2D eigenvalue weighted by molar-refractivity contribution is 7.89. The lowest BCUT2D eigenvalue weighted by Gasteiger charge is -2.26. The molecule has 2 rings (SSSR count). The molecule has 1 saturated heterocycles. The van der Waals surface area contributed by atoms with E-state index in [-0.39, 0.29) is 11.5 Å². The van der Waals surface area contributed by atoms with Crippen LogP contribution < -0.4 is 0 Å². The standard InChI is InChI=1S/C14H20ClNO4S/c1-16(9-11-4-6-20-7-5-11)21(18,19)13-2-3-14(15)12(8-13)10-17/h2-3,8,11,17H,4-7,9-10H2,1H3. The summed E-state index contributed by atoms with van der Waals surface area (Å²) in [5.74, 6) is 0.322. The van der Waals surface area contributed by atoms with E-state index in [1.807, 2.05) is 0 Å². The molecular weight excluding hydrogens is 314 g/mol. The van der Waals surface area contributed by atoms with Crippen LogP contribution in [-0.2, 0) is 21.4 Å². The predicted octanol–water partition coefficient (Wildman–Crippen LogP) is 1.88. The first-order valence-electron chi connectivity index (χ1n) is 6.88. The molecule has 0 atom stereocenters. The average molecular weight is 334 g/mol. The van der Waals surface area contributed by atoms with Gasteiger partial charge in [-0.15, -0.1) is 0 Å². The highest BCUT2D eigenvalue weighted by Gasteiger charge is 2.25. The highest BCUT2D eigenvalue weighted by Crippen LogP contribution is 2.24. The summed E-state index contributed by atoms with van der Waals surface area (Å²) in [6.45, 7) is 1.57. The third kappa shape index (κ3) is 3.96. The van der Waals surface area contributed by atoms with Crippen LogP contribution in [0.2, 0.25) is 5.02 Å². The second kappa shape index (κ2) is 7.07. The molecule has 0 saturated carbocycles. The maximum atomic E-state index is 12.6. The van der Waals surface area contributed by atoms with Crippen LogP contribution >= 0.6 is 11.6 Å². The Labute approximate surface area is 130 Å². The van der Waals surface area contributed by atoms with Crippen LogP contribution in [0.1, 0.15) is 18.4 Å². The van der Waals surface area contributed by atoms with E-state index in [2.05, 4.69) is 0 Å². The van der Waals surface area contributed by atoms with Gasteiger partial charge in [0.05, 0.1) is 11.5 Å². The van der Waals surface area contributed by atoms with Gasteiger partial charge in [0, 0.05) is 31.8 Å². The van der Waals surface area contributed by atoms with E-state index in [9.17, 15) is 13.5 Å². The number of ether oxygens (including phenoxy) is 1. The van der Waals surface area contributed by atoms with Gasteiger partial charge < -0.3 is 9.84 Å². The largest absolute Gasteiger partial charge is 0.392 e. The number of halogens is 1. The third-order valence-electron chi connectivity index (χ3n) is 3.75. The summed E-state index contributed by atoms with van der Waals surface area (Å²) in [5.41, 5.74) is 0.414. The lowest BCUT2D eigenvalue weighted by molar-refractivity contribution is 0.0620. The first-order valence-corrected chi connectivity index (χ1v) is 8.70. The first kappa shape index (κ1) is 16.7. The van der Waals surface area contributed by atoms with Gasteiger partial charge in [-0.3, -0.25) is 0 Å². The molecule has 1 fully saturated rings. The summed E-state index contributed by atoms with van der Waals surface area (Å²) >= 11 is 5.90. The van der Waals surface area contributed by atoms with Crippen LogP contribution in [0, 0.1) is 5.92 Å². The van der Waals surface area contributed by atoms with Crippen molar-refractivity contribution in [2.75, 3.05) is 26.8 Å². The Hall–Kier alpha value is -0.660. The lowest BCUT2D eigenvalue weighted by atomic mass is 10.0. The second-order valence-electron chi connectivity index (χ2n) is 5.25. The summed E-state index contributed by atoms with van der Waals surface area (Å²) < 4.78 is 31.8. The minimum atomic E-state index is -3.56. The van der Waals surface area contributed by atoms with Gasteiger partial charge in [0.15, 0.2) is 0 Å². The third-order valence-corrected chi connectivity index (χ3v) is 5.94. The van der Waals surface area contributed by atoms with Crippen molar-refractivity contribution in [1.82, 2.24) is 4.31 Å². The topological polar surface area (TPSA) is 66.8 Å². The molecule has 0 spiro atoms. The fourth-order valence-corrected chi connectivity index (χ4v) is 3.88. The molecule has 1 N–H and O–H groups in total. The normalized spacial score (nSPS) is 17.3. The fraction of sp³-hybridized carbons (Fsp3) is 0.571. The van der Waals surface area contributed by atoms with Gasteiger partial charge in [-0.05, 0) is 42.5 Å². The first-order chi connectivity index (χ1) is 9.95. The lowest BCUT2D eigenvalue weighted by Crippen LogP contribution is -2.34. The zero-order chi connectivity index (χ0) is 15.5. The summed E-state index contributed by atoms with van der Waals surface area (Å²) in [4.78, 5) is 0.158. The van der Waals surface area contributed by atoms with Crippen LogP contribution in [0.15, 0.2) is 23.1 Å². The zero-order valence-electron chi connectivity index (χ0n) is 12.0. The molecule has 0 aromatic heterocycles. The van der Waals surface area contributed by atoms with E-state index >= 15 is 0 Å². The number of aliphatic hydroxyl groups is 1. The van der Waals surface area contributed by atoms with Crippen molar-refractivity contribution in [3.05, 3.63) is 28.8 Å². The Morgan fingerprint density at radius 3 is 2.67 bits per heavy atom. The molecule has 5 nitrogen and oxygen atoms in total. The quantitative estimate of drug-likeness (QED) is 0.893. The van der Waals surface area contributed by atoms with Crippen molar-refractivity contribution in [2.45, 2.75) is 24.3 Å². The predicted molar refractivity (Wildman–Crippen MR) is 80.7 cm³/mol. The average Bonchev–Trinajstić information content (AvgIpc) is 2.48. The Bertz CT molecular complexity index is 585. The Morgan fingerprint density at radius 1 is 1.38 bits per heavy atom. The van der Waals surface area contributed by atoms with Crippen molar-refractivity contribution in [3.8, 4) is 0 Å². The van der Waals surface area contributed by atoms with Crippen LogP contribution in [0.25, 0.3) is 0 Å². The molecule has 1 aliphatic heterocycles. The molecule has 0 unspecified atom stereocenters. The number of rotatable bonds is 5. The van der Waals surface area contributed by atoms with Crippen LogP contribution in [-0.4, -0.2) is 44.6 Å². The summed E-state index contributed by atoms with van der Waals surface area (Å²) in [6, 6.07) is 4.40. The Balaban J connectivity index is 2.16. The number of sulfonamides is 1. The van der Waals surface area contributed by atoms with Crippen molar-refractivity contribution in [3.63, 3.8) is 0 Å². The van der Waals surface area contributed by atoms with Crippen molar-refractivity contribution in [2.24, 2.45) is 5.92 Å². The highest BCUT2D eigenvalue weighted by atomic mass is 35.5. The van der Waals surface area contributed by atoms with E-state index in [0.29, 0.717) is 36.3 Å². The molecule has 0 aliphatic carbocycles. The molecule has 1 aromatic carbocycles. The van der Waals surface area contributed by atoms with Crippen molar-refractivity contribution < 1.29 is 18.3 Å². The van der Waals surface area contributed by atoms with Crippen molar-refractivity contribution in [1.29, 1.82) is 0 Å². The Morgan fingerprint density at radius 2 is 2.05 bits per heavy atom. The summed E-state index contributed by atoms with van der Waals surface area (Å²) in [7, 11) is -1.98. The zero-order valence-corrected chi connectivity index (χ0v) is 13.5. The minimum Gasteiger partial charge on any atom is -0.392 e. The number of nitrogens with zero attached hydrogens (tertiary/aromatic N) is 1. The molecule has 0 radical (unpaired) electrons. The molecule has 118 valence electrons. The van der Waals surface area contributed by atoms with Gasteiger partial charge in [-0.1, -0.05) is 11.6 Å². The van der Waals surface area contributed by atoms with E-state index < -0.39 is 10.0 Å². The molecular formula is C14H20ClNO4S. The van der Waals surface area contributed by atoms with E-state index in [4.69, 9.17) is 16.3 Å². The maximum Gasteiger partial charge on any atom is 0.242 e. The summed E-state index contributed by atoms with van der Waals surface area (Å²) in [5, 5.41) is 9.57. The monoisotopic (exact) mass is 333 g/mol. The second-order valence-corrected chi connectivity index (χ2v) is 7.70. The number of aliphatic hydroxyl groups excluding tert-OH is 1. The van der Waals surface area contributed by atoms with Gasteiger partial charge >= 0.3 is 0 Å². The maximum absolute atomic E-state index is 12.6. The minimum absolute atomic E-state index is 0.158. The van der Waals surface area contributed by atoms with E-state index in [1.165, 1.54) is 22.5 Å². The molecule has 1 aliphatic rings. The van der Waals surface area contributed by atoms with Crippen LogP contribution in [0.4, 0.5) is 0 Å². The molecule has 0 amide bonds. The van der Waals surface area contributed by atoms with Gasteiger partial charge in [0.2, 0.25) is 10.0 Å². The molecule has 7 heteroatoms. The number of hydrogen-bond donors (Lipinski definition) is 1. The van der Waals surface area contributed by atoms with Gasteiger partial charge in [-0.2, -0.15) is 0 Å². The molecule has 1 aromatic rings. The summed E-state index contributed by atoms with van der Waals surface area (Å²) in [6.07, 6.45) is 1.75. The SMILES string of the molecule is CN(CC1CCOCC1)S(=O)(=O)c1ccc(Cl)c(CO)c1. The molecule has 21 heavy (non-hydrogen) atoms.